The number of likely N-dealkylation sites (tertiary alicyclic amines) is 1. The third kappa shape index (κ3) is 1.95. The highest BCUT2D eigenvalue weighted by atomic mass is 16.2. The maximum absolute atomic E-state index is 11.7. The molecule has 2 aromatic rings. The maximum Gasteiger partial charge on any atom is 0.220 e. The third-order valence-electron chi connectivity index (χ3n) is 3.77. The van der Waals surface area contributed by atoms with Gasteiger partial charge in [-0.2, -0.15) is 0 Å². The van der Waals surface area contributed by atoms with Gasteiger partial charge in [-0.3, -0.25) is 4.79 Å². The van der Waals surface area contributed by atoms with Gasteiger partial charge in [0.05, 0.1) is 17.3 Å². The molecule has 3 heterocycles. The highest BCUT2D eigenvalue weighted by molar-refractivity contribution is 5.74. The van der Waals surface area contributed by atoms with Gasteiger partial charge in [-0.05, 0) is 25.0 Å². The summed E-state index contributed by atoms with van der Waals surface area (Å²) in [4.78, 5) is 18.3. The zero-order chi connectivity index (χ0) is 13.4. The van der Waals surface area contributed by atoms with Gasteiger partial charge in [0.1, 0.15) is 5.82 Å². The first-order valence-electron chi connectivity index (χ1n) is 6.63. The molecule has 5 heteroatoms. The van der Waals surface area contributed by atoms with Crippen molar-refractivity contribution in [3.05, 3.63) is 30.2 Å². The normalized spacial score (nSPS) is 19.1. The van der Waals surface area contributed by atoms with E-state index in [1.807, 2.05) is 36.5 Å². The van der Waals surface area contributed by atoms with Gasteiger partial charge < -0.3 is 14.6 Å². The van der Waals surface area contributed by atoms with Crippen molar-refractivity contribution in [2.24, 2.45) is 0 Å². The summed E-state index contributed by atoms with van der Waals surface area (Å²) in [5.74, 6) is 0.987. The van der Waals surface area contributed by atoms with Crippen molar-refractivity contribution in [3.8, 4) is 0 Å². The van der Waals surface area contributed by atoms with Crippen LogP contribution in [0.15, 0.2) is 24.5 Å². The number of nitrogens with one attached hydrogen (secondary N) is 1. The Morgan fingerprint density at radius 3 is 3.11 bits per heavy atom. The minimum absolute atomic E-state index is 0.108. The molecule has 2 aromatic heterocycles. The van der Waals surface area contributed by atoms with Crippen molar-refractivity contribution in [3.63, 3.8) is 0 Å². The number of fused-ring (bicyclic) bond motifs is 1. The van der Waals surface area contributed by atoms with Crippen molar-refractivity contribution in [2.45, 2.75) is 25.8 Å². The molecule has 3 rings (SSSR count). The van der Waals surface area contributed by atoms with Gasteiger partial charge >= 0.3 is 0 Å². The molecular formula is C14H18N4O. The Morgan fingerprint density at radius 2 is 2.37 bits per heavy atom. The summed E-state index contributed by atoms with van der Waals surface area (Å²) in [6.45, 7) is 2.46. The van der Waals surface area contributed by atoms with E-state index in [0.29, 0.717) is 0 Å². The molecule has 1 N–H and O–H groups in total. The van der Waals surface area contributed by atoms with E-state index in [2.05, 4.69) is 14.7 Å². The van der Waals surface area contributed by atoms with Crippen molar-refractivity contribution in [1.29, 1.82) is 0 Å². The van der Waals surface area contributed by atoms with E-state index in [4.69, 9.17) is 0 Å². The zero-order valence-corrected chi connectivity index (χ0v) is 11.3. The van der Waals surface area contributed by atoms with E-state index < -0.39 is 0 Å². The van der Waals surface area contributed by atoms with E-state index in [1.165, 1.54) is 0 Å². The van der Waals surface area contributed by atoms with Gasteiger partial charge in [0.25, 0.3) is 0 Å². The molecule has 0 spiro atoms. The summed E-state index contributed by atoms with van der Waals surface area (Å²) in [7, 11) is 1.87. The average molecular weight is 258 g/mol. The number of rotatable bonds is 2. The quantitative estimate of drug-likeness (QED) is 0.897. The summed E-state index contributed by atoms with van der Waals surface area (Å²) in [6, 6.07) is 4.13. The van der Waals surface area contributed by atoms with Gasteiger partial charge in [-0.1, -0.05) is 0 Å². The second-order valence-electron chi connectivity index (χ2n) is 4.94. The number of aromatic nitrogens is 2. The molecular weight excluding hydrogens is 240 g/mol. The second kappa shape index (κ2) is 4.57. The molecule has 100 valence electrons. The fraction of sp³-hybridized carbons (Fsp3) is 0.429. The Morgan fingerprint density at radius 1 is 1.53 bits per heavy atom. The Bertz CT molecular complexity index is 619. The van der Waals surface area contributed by atoms with Crippen LogP contribution in [-0.4, -0.2) is 33.8 Å². The van der Waals surface area contributed by atoms with Crippen LogP contribution in [0.2, 0.25) is 0 Å². The van der Waals surface area contributed by atoms with Crippen LogP contribution in [0.3, 0.4) is 0 Å². The van der Waals surface area contributed by atoms with E-state index in [0.717, 1.165) is 36.4 Å². The van der Waals surface area contributed by atoms with Crippen LogP contribution in [0.1, 0.15) is 31.5 Å². The lowest BCUT2D eigenvalue weighted by atomic mass is 10.1. The molecule has 0 bridgehead atoms. The standard InChI is InChI=1S/C14H18N4O/c1-10(19)18-8-4-5-12(18)11-9-17-7-3-6-13(17)14(15-2)16-11/h3,6-7,9,12H,4-5,8H2,1-2H3,(H,15,16)/t12-/m1/s1. The SMILES string of the molecule is CNc1nc([C@H]2CCCN2C(C)=O)cn2cccc12. The molecule has 1 aliphatic rings. The number of carbonyl (C=O) groups is 1. The number of anilines is 1. The van der Waals surface area contributed by atoms with Crippen LogP contribution in [0.5, 0.6) is 0 Å². The van der Waals surface area contributed by atoms with Crippen LogP contribution < -0.4 is 5.32 Å². The number of hydrogen-bond acceptors (Lipinski definition) is 3. The Hall–Kier alpha value is -2.04. The fourth-order valence-corrected chi connectivity index (χ4v) is 2.86. The summed E-state index contributed by atoms with van der Waals surface area (Å²) in [5, 5.41) is 3.13. The molecule has 0 aromatic carbocycles. The molecule has 0 unspecified atom stereocenters. The van der Waals surface area contributed by atoms with Crippen molar-refractivity contribution >= 4 is 17.2 Å². The van der Waals surface area contributed by atoms with Crippen LogP contribution in [-0.2, 0) is 4.79 Å². The van der Waals surface area contributed by atoms with E-state index >= 15 is 0 Å². The molecule has 19 heavy (non-hydrogen) atoms. The van der Waals surface area contributed by atoms with Gasteiger partial charge in [-0.15, -0.1) is 0 Å². The Kier molecular flexibility index (Phi) is 2.89. The van der Waals surface area contributed by atoms with E-state index in [-0.39, 0.29) is 11.9 Å². The summed E-state index contributed by atoms with van der Waals surface area (Å²) in [5.41, 5.74) is 2.01. The molecule has 0 aliphatic carbocycles. The lowest BCUT2D eigenvalue weighted by Gasteiger charge is -2.23. The van der Waals surface area contributed by atoms with E-state index in [1.54, 1.807) is 6.92 Å². The number of nitrogens with zero attached hydrogens (tertiary/aromatic N) is 3. The van der Waals surface area contributed by atoms with Crippen LogP contribution in [0.25, 0.3) is 5.52 Å². The predicted octanol–water partition coefficient (Wildman–Crippen LogP) is 2.06. The van der Waals surface area contributed by atoms with Crippen molar-refractivity contribution < 1.29 is 4.79 Å². The Balaban J connectivity index is 2.07. The summed E-state index contributed by atoms with van der Waals surface area (Å²) in [6.07, 6.45) is 6.07. The largest absolute Gasteiger partial charge is 0.371 e. The fourth-order valence-electron chi connectivity index (χ4n) is 2.86. The zero-order valence-electron chi connectivity index (χ0n) is 11.3. The van der Waals surface area contributed by atoms with Gasteiger partial charge in [0.2, 0.25) is 5.91 Å². The third-order valence-corrected chi connectivity index (χ3v) is 3.77. The number of hydrogen-bond donors (Lipinski definition) is 1. The topological polar surface area (TPSA) is 49.6 Å². The van der Waals surface area contributed by atoms with Gasteiger partial charge in [0, 0.05) is 32.9 Å². The summed E-state index contributed by atoms with van der Waals surface area (Å²) >= 11 is 0. The summed E-state index contributed by atoms with van der Waals surface area (Å²) < 4.78 is 2.06. The highest BCUT2D eigenvalue weighted by Gasteiger charge is 2.29. The second-order valence-corrected chi connectivity index (χ2v) is 4.94. The highest BCUT2D eigenvalue weighted by Crippen LogP contribution is 2.32. The van der Waals surface area contributed by atoms with Gasteiger partial charge in [-0.25, -0.2) is 4.98 Å². The first-order valence-corrected chi connectivity index (χ1v) is 6.63. The molecule has 1 aliphatic heterocycles. The van der Waals surface area contributed by atoms with Crippen molar-refractivity contribution in [2.75, 3.05) is 18.9 Å². The predicted molar refractivity (Wildman–Crippen MR) is 74.1 cm³/mol. The van der Waals surface area contributed by atoms with Crippen LogP contribution in [0, 0.1) is 0 Å². The minimum atomic E-state index is 0.108. The molecule has 1 fully saturated rings. The molecule has 5 nitrogen and oxygen atoms in total. The average Bonchev–Trinajstić information content (AvgIpc) is 3.05. The number of carbonyl (C=O) groups excluding carboxylic acids is 1. The molecule has 1 amide bonds. The molecule has 1 saturated heterocycles. The molecule has 1 atom stereocenters. The molecule has 0 saturated carbocycles. The minimum Gasteiger partial charge on any atom is -0.371 e. The van der Waals surface area contributed by atoms with Gasteiger partial charge in [0.15, 0.2) is 0 Å². The lowest BCUT2D eigenvalue weighted by molar-refractivity contribution is -0.129. The maximum atomic E-state index is 11.7. The molecule has 0 radical (unpaired) electrons. The number of amides is 1. The Labute approximate surface area is 112 Å². The van der Waals surface area contributed by atoms with Crippen molar-refractivity contribution in [1.82, 2.24) is 14.3 Å². The van der Waals surface area contributed by atoms with Crippen LogP contribution in [0.4, 0.5) is 5.82 Å². The van der Waals surface area contributed by atoms with E-state index in [9.17, 15) is 4.79 Å². The smallest absolute Gasteiger partial charge is 0.220 e. The first-order chi connectivity index (χ1) is 9.20. The monoisotopic (exact) mass is 258 g/mol. The first kappa shape index (κ1) is 12.0. The lowest BCUT2D eigenvalue weighted by Crippen LogP contribution is -2.28. The van der Waals surface area contributed by atoms with Crippen LogP contribution >= 0.6 is 0 Å².